The Kier molecular flexibility index (Phi) is 7.77. The van der Waals surface area contributed by atoms with Gasteiger partial charge in [-0.15, -0.1) is 11.3 Å². The van der Waals surface area contributed by atoms with Crippen LogP contribution in [0.4, 0.5) is 17.1 Å². The van der Waals surface area contributed by atoms with Gasteiger partial charge in [0.05, 0.1) is 5.69 Å². The molecular formula is C55H39NS. The first kappa shape index (κ1) is 33.6. The van der Waals surface area contributed by atoms with Gasteiger partial charge in [0.1, 0.15) is 0 Å². The lowest BCUT2D eigenvalue weighted by molar-refractivity contribution is 0.660. The van der Waals surface area contributed by atoms with Gasteiger partial charge in [0, 0.05) is 42.5 Å². The van der Waals surface area contributed by atoms with E-state index in [1.165, 1.54) is 86.6 Å². The molecule has 0 saturated carbocycles. The van der Waals surface area contributed by atoms with Crippen molar-refractivity contribution >= 4 is 59.3 Å². The molecule has 0 bridgehead atoms. The smallest absolute Gasteiger partial charge is 0.0546 e. The highest BCUT2D eigenvalue weighted by Crippen LogP contribution is 2.53. The van der Waals surface area contributed by atoms with Crippen molar-refractivity contribution in [2.45, 2.75) is 19.3 Å². The minimum atomic E-state index is -0.134. The zero-order chi connectivity index (χ0) is 38.1. The Morgan fingerprint density at radius 2 is 1.00 bits per heavy atom. The minimum absolute atomic E-state index is 0.134. The molecule has 0 atom stereocenters. The second-order valence-electron chi connectivity index (χ2n) is 15.7. The van der Waals surface area contributed by atoms with Gasteiger partial charge in [-0.25, -0.2) is 0 Å². The normalized spacial score (nSPS) is 12.9. The summed E-state index contributed by atoms with van der Waals surface area (Å²) < 4.78 is 2.61. The van der Waals surface area contributed by atoms with Crippen LogP contribution in [0.25, 0.3) is 75.5 Å². The number of benzene rings is 9. The van der Waals surface area contributed by atoms with Gasteiger partial charge in [0.2, 0.25) is 0 Å². The standard InChI is InChI=1S/C55H39NS/c1-55(2)49-23-10-8-19-44(49)45-33-31-41(35-50(45)55)56(40-29-26-37(27-30-40)36-14-4-3-5-15-36)51-24-13-22-48(43-21-12-17-38-16-6-7-18-42(38)43)54(51)39-28-32-47-46-20-9-11-25-52(46)57-53(47)34-39/h3-35H,1-2H3. The third-order valence-corrected chi connectivity index (χ3v) is 13.2. The number of nitrogens with zero attached hydrogens (tertiary/aromatic N) is 1. The van der Waals surface area contributed by atoms with Gasteiger partial charge in [0.25, 0.3) is 0 Å². The van der Waals surface area contributed by atoms with Crippen molar-refractivity contribution in [1.29, 1.82) is 0 Å². The molecule has 9 aromatic carbocycles. The monoisotopic (exact) mass is 745 g/mol. The summed E-state index contributed by atoms with van der Waals surface area (Å²) in [5.74, 6) is 0. The molecule has 11 rings (SSSR count). The predicted octanol–water partition coefficient (Wildman–Crippen LogP) is 16.0. The van der Waals surface area contributed by atoms with Crippen LogP contribution in [-0.4, -0.2) is 0 Å². The SMILES string of the molecule is CC1(C)c2ccccc2-c2ccc(N(c3ccc(-c4ccccc4)cc3)c3cccc(-c4cccc5ccccc45)c3-c3ccc4c(c3)sc3ccccc34)cc21. The zero-order valence-electron chi connectivity index (χ0n) is 31.9. The number of fused-ring (bicyclic) bond motifs is 7. The maximum absolute atomic E-state index is 2.49. The molecule has 10 aromatic rings. The van der Waals surface area contributed by atoms with Crippen LogP contribution >= 0.6 is 11.3 Å². The van der Waals surface area contributed by atoms with Crippen molar-refractivity contribution in [3.8, 4) is 44.5 Å². The highest BCUT2D eigenvalue weighted by molar-refractivity contribution is 7.25. The third kappa shape index (κ3) is 5.44. The van der Waals surface area contributed by atoms with Crippen molar-refractivity contribution in [1.82, 2.24) is 0 Å². The van der Waals surface area contributed by atoms with Crippen LogP contribution in [0.15, 0.2) is 200 Å². The summed E-state index contributed by atoms with van der Waals surface area (Å²) in [6, 6.07) is 74.0. The molecule has 1 aliphatic carbocycles. The number of rotatable bonds is 6. The fourth-order valence-corrected chi connectivity index (χ4v) is 10.4. The van der Waals surface area contributed by atoms with Gasteiger partial charge in [-0.05, 0) is 103 Å². The number of thiophene rings is 1. The first-order valence-corrected chi connectivity index (χ1v) is 20.6. The fourth-order valence-electron chi connectivity index (χ4n) is 9.29. The molecule has 1 nitrogen and oxygen atoms in total. The molecule has 57 heavy (non-hydrogen) atoms. The lowest BCUT2D eigenvalue weighted by atomic mass is 9.82. The average Bonchev–Trinajstić information content (AvgIpc) is 3.75. The number of hydrogen-bond acceptors (Lipinski definition) is 2. The number of anilines is 3. The van der Waals surface area contributed by atoms with E-state index in [0.717, 1.165) is 17.1 Å². The van der Waals surface area contributed by atoms with Gasteiger partial charge < -0.3 is 4.90 Å². The lowest BCUT2D eigenvalue weighted by Gasteiger charge is -2.31. The van der Waals surface area contributed by atoms with E-state index in [4.69, 9.17) is 0 Å². The van der Waals surface area contributed by atoms with Crippen LogP contribution in [0.3, 0.4) is 0 Å². The van der Waals surface area contributed by atoms with Gasteiger partial charge in [-0.3, -0.25) is 0 Å². The van der Waals surface area contributed by atoms with Gasteiger partial charge >= 0.3 is 0 Å². The Morgan fingerprint density at radius 3 is 1.88 bits per heavy atom. The molecule has 1 aromatic heterocycles. The summed E-state index contributed by atoms with van der Waals surface area (Å²) in [7, 11) is 0. The van der Waals surface area contributed by atoms with Crippen LogP contribution in [0.5, 0.6) is 0 Å². The van der Waals surface area contributed by atoms with E-state index in [1.807, 2.05) is 11.3 Å². The first-order valence-electron chi connectivity index (χ1n) is 19.8. The van der Waals surface area contributed by atoms with Crippen LogP contribution in [-0.2, 0) is 5.41 Å². The van der Waals surface area contributed by atoms with Crippen molar-refractivity contribution in [2.75, 3.05) is 4.90 Å². The molecule has 0 saturated heterocycles. The molecule has 0 unspecified atom stereocenters. The van der Waals surface area contributed by atoms with Crippen LogP contribution in [0.2, 0.25) is 0 Å². The van der Waals surface area contributed by atoms with Crippen molar-refractivity contribution in [3.63, 3.8) is 0 Å². The van der Waals surface area contributed by atoms with Crippen LogP contribution in [0.1, 0.15) is 25.0 Å². The maximum Gasteiger partial charge on any atom is 0.0546 e. The van der Waals surface area contributed by atoms with E-state index in [0.29, 0.717) is 0 Å². The van der Waals surface area contributed by atoms with Crippen LogP contribution < -0.4 is 4.90 Å². The van der Waals surface area contributed by atoms with Crippen LogP contribution in [0, 0.1) is 0 Å². The minimum Gasteiger partial charge on any atom is -0.310 e. The average molecular weight is 746 g/mol. The van der Waals surface area contributed by atoms with Gasteiger partial charge in [-0.2, -0.15) is 0 Å². The highest BCUT2D eigenvalue weighted by atomic mass is 32.1. The first-order chi connectivity index (χ1) is 28.0. The Bertz CT molecular complexity index is 3150. The zero-order valence-corrected chi connectivity index (χ0v) is 32.7. The molecule has 0 spiro atoms. The van der Waals surface area contributed by atoms with Crippen molar-refractivity contribution < 1.29 is 0 Å². The predicted molar refractivity (Wildman–Crippen MR) is 245 cm³/mol. The summed E-state index contributed by atoms with van der Waals surface area (Å²) in [5, 5.41) is 5.10. The van der Waals surface area contributed by atoms with Gasteiger partial charge in [0.15, 0.2) is 0 Å². The largest absolute Gasteiger partial charge is 0.310 e. The summed E-state index contributed by atoms with van der Waals surface area (Å²) in [4.78, 5) is 2.49. The summed E-state index contributed by atoms with van der Waals surface area (Å²) in [5.41, 5.74) is 15.9. The Hall–Kier alpha value is -6.74. The molecule has 0 fully saturated rings. The second kappa shape index (κ2) is 13.2. The van der Waals surface area contributed by atoms with E-state index >= 15 is 0 Å². The quantitative estimate of drug-likeness (QED) is 0.164. The van der Waals surface area contributed by atoms with Crippen molar-refractivity contribution in [2.24, 2.45) is 0 Å². The number of hydrogen-bond donors (Lipinski definition) is 0. The molecule has 0 aliphatic heterocycles. The molecular weight excluding hydrogens is 707 g/mol. The van der Waals surface area contributed by atoms with Crippen molar-refractivity contribution in [3.05, 3.63) is 211 Å². The van der Waals surface area contributed by atoms with E-state index in [1.54, 1.807) is 0 Å². The van der Waals surface area contributed by atoms with E-state index in [-0.39, 0.29) is 5.41 Å². The fraction of sp³-hybridized carbons (Fsp3) is 0.0545. The molecule has 1 aliphatic rings. The summed E-state index contributed by atoms with van der Waals surface area (Å²) >= 11 is 1.87. The Balaban J connectivity index is 1.19. The summed E-state index contributed by atoms with van der Waals surface area (Å²) in [6.07, 6.45) is 0. The highest BCUT2D eigenvalue weighted by Gasteiger charge is 2.36. The second-order valence-corrected chi connectivity index (χ2v) is 16.8. The Labute approximate surface area is 337 Å². The molecule has 0 radical (unpaired) electrons. The molecule has 2 heteroatoms. The third-order valence-electron chi connectivity index (χ3n) is 12.1. The molecule has 270 valence electrons. The van der Waals surface area contributed by atoms with E-state index < -0.39 is 0 Å². The Morgan fingerprint density at radius 1 is 0.386 bits per heavy atom. The lowest BCUT2D eigenvalue weighted by Crippen LogP contribution is -2.17. The molecule has 1 heterocycles. The van der Waals surface area contributed by atoms with E-state index in [9.17, 15) is 0 Å². The topological polar surface area (TPSA) is 3.24 Å². The van der Waals surface area contributed by atoms with Gasteiger partial charge in [-0.1, -0.05) is 172 Å². The maximum atomic E-state index is 2.49. The van der Waals surface area contributed by atoms with E-state index in [2.05, 4.69) is 219 Å². The molecule has 0 N–H and O–H groups in total. The molecule has 0 amide bonds. The summed E-state index contributed by atoms with van der Waals surface area (Å²) in [6.45, 7) is 4.74.